The van der Waals surface area contributed by atoms with Gasteiger partial charge < -0.3 is 14.8 Å². The van der Waals surface area contributed by atoms with Gasteiger partial charge in [0.15, 0.2) is 0 Å². The molecule has 2 aliphatic rings. The number of nitrogens with zero attached hydrogens (tertiary/aromatic N) is 2. The van der Waals surface area contributed by atoms with Crippen LogP contribution in [0.1, 0.15) is 28.4 Å². The highest BCUT2D eigenvalue weighted by atomic mass is 16.2. The van der Waals surface area contributed by atoms with E-state index in [1.54, 1.807) is 12.1 Å². The Balaban J connectivity index is 1.60. The number of carbonyl (C=O) groups excluding carboxylic acids is 1. The molecule has 1 N–H and O–H groups in total. The molecule has 0 saturated carbocycles. The first kappa shape index (κ1) is 16.6. The third-order valence-corrected chi connectivity index (χ3v) is 5.36. The highest BCUT2D eigenvalue weighted by molar-refractivity contribution is 5.99. The molecule has 0 spiro atoms. The maximum absolute atomic E-state index is 13.2. The van der Waals surface area contributed by atoms with Crippen molar-refractivity contribution in [3.8, 4) is 0 Å². The molecule has 134 valence electrons. The maximum atomic E-state index is 13.2. The van der Waals surface area contributed by atoms with Crippen molar-refractivity contribution in [3.05, 3.63) is 76.7 Å². The van der Waals surface area contributed by atoms with Crippen molar-refractivity contribution in [2.75, 3.05) is 25.0 Å². The van der Waals surface area contributed by atoms with E-state index in [2.05, 4.69) is 11.9 Å². The van der Waals surface area contributed by atoms with Gasteiger partial charge in [-0.15, -0.1) is 6.58 Å². The second kappa shape index (κ2) is 6.83. The number of hydrogen-bond acceptors (Lipinski definition) is 3. The van der Waals surface area contributed by atoms with Crippen molar-refractivity contribution in [1.29, 1.82) is 0 Å². The molecule has 1 aromatic carbocycles. The summed E-state index contributed by atoms with van der Waals surface area (Å²) in [6, 6.07) is 13.1. The van der Waals surface area contributed by atoms with Crippen LogP contribution in [0.3, 0.4) is 0 Å². The molecule has 2 atom stereocenters. The number of fused-ring (bicyclic) bond motifs is 4. The van der Waals surface area contributed by atoms with Crippen LogP contribution in [-0.4, -0.2) is 35.0 Å². The first-order valence-corrected chi connectivity index (χ1v) is 9.10. The predicted octanol–water partition coefficient (Wildman–Crippen LogP) is 2.71. The zero-order valence-electron chi connectivity index (χ0n) is 14.7. The van der Waals surface area contributed by atoms with Gasteiger partial charge in [0.2, 0.25) is 0 Å². The Morgan fingerprint density at radius 1 is 1.15 bits per heavy atom. The highest BCUT2D eigenvalue weighted by Gasteiger charge is 2.36. The third kappa shape index (κ3) is 2.94. The maximum Gasteiger partial charge on any atom is 0.255 e. The standard InChI is InChI=1S/C21H23N3O2/c1-2-10-22-18-7-4-3-6-17(18)21(26)23-12-15-11-16(14-23)19-8-5-9-20(25)24(19)13-15/h2-9,15-16,22H,1,10-14H2/t15-,16+/m0/s1. The molecule has 2 aliphatic heterocycles. The molecule has 5 nitrogen and oxygen atoms in total. The monoisotopic (exact) mass is 349 g/mol. The molecule has 0 unspecified atom stereocenters. The topological polar surface area (TPSA) is 54.3 Å². The number of likely N-dealkylation sites (tertiary alicyclic amines) is 1. The summed E-state index contributed by atoms with van der Waals surface area (Å²) in [4.78, 5) is 27.3. The summed E-state index contributed by atoms with van der Waals surface area (Å²) in [7, 11) is 0. The van der Waals surface area contributed by atoms with Gasteiger partial charge in [-0.1, -0.05) is 24.3 Å². The van der Waals surface area contributed by atoms with Gasteiger partial charge in [0.1, 0.15) is 0 Å². The lowest BCUT2D eigenvalue weighted by Crippen LogP contribution is -2.49. The molecule has 2 bridgehead atoms. The number of nitrogens with one attached hydrogen (secondary N) is 1. The summed E-state index contributed by atoms with van der Waals surface area (Å²) in [5.74, 6) is 0.617. The average Bonchev–Trinajstić information content (AvgIpc) is 2.67. The van der Waals surface area contributed by atoms with Crippen LogP contribution < -0.4 is 10.9 Å². The van der Waals surface area contributed by atoms with Crippen molar-refractivity contribution >= 4 is 11.6 Å². The summed E-state index contributed by atoms with van der Waals surface area (Å²) < 4.78 is 1.89. The van der Waals surface area contributed by atoms with Crippen LogP contribution in [0.4, 0.5) is 5.69 Å². The van der Waals surface area contributed by atoms with Crippen LogP contribution in [0.5, 0.6) is 0 Å². The number of benzene rings is 1. The number of amides is 1. The predicted molar refractivity (Wildman–Crippen MR) is 103 cm³/mol. The number of aromatic nitrogens is 1. The van der Waals surface area contributed by atoms with E-state index < -0.39 is 0 Å². The fraction of sp³-hybridized carbons (Fsp3) is 0.333. The molecule has 1 saturated heterocycles. The van der Waals surface area contributed by atoms with E-state index in [0.29, 0.717) is 37.7 Å². The number of hydrogen-bond donors (Lipinski definition) is 1. The Labute approximate surface area is 152 Å². The zero-order valence-corrected chi connectivity index (χ0v) is 14.7. The van der Waals surface area contributed by atoms with Gasteiger partial charge >= 0.3 is 0 Å². The molecule has 0 aliphatic carbocycles. The minimum absolute atomic E-state index is 0.0543. The van der Waals surface area contributed by atoms with E-state index in [4.69, 9.17) is 0 Å². The largest absolute Gasteiger partial charge is 0.381 e. The van der Waals surface area contributed by atoms with E-state index in [9.17, 15) is 9.59 Å². The Kier molecular flexibility index (Phi) is 4.37. The minimum atomic E-state index is 0.0543. The summed E-state index contributed by atoms with van der Waals surface area (Å²) >= 11 is 0. The van der Waals surface area contributed by atoms with Crippen molar-refractivity contribution in [1.82, 2.24) is 9.47 Å². The number of anilines is 1. The Hall–Kier alpha value is -2.82. The van der Waals surface area contributed by atoms with Gasteiger partial charge in [-0.25, -0.2) is 0 Å². The van der Waals surface area contributed by atoms with Crippen molar-refractivity contribution in [3.63, 3.8) is 0 Å². The fourth-order valence-electron chi connectivity index (χ4n) is 4.24. The molecule has 1 amide bonds. The number of rotatable bonds is 4. The van der Waals surface area contributed by atoms with Crippen molar-refractivity contribution in [2.45, 2.75) is 18.9 Å². The molecule has 0 radical (unpaired) electrons. The fourth-order valence-corrected chi connectivity index (χ4v) is 4.24. The molecule has 1 aromatic heterocycles. The molecule has 3 heterocycles. The Morgan fingerprint density at radius 3 is 2.85 bits per heavy atom. The second-order valence-corrected chi connectivity index (χ2v) is 7.12. The Morgan fingerprint density at radius 2 is 2.00 bits per heavy atom. The van der Waals surface area contributed by atoms with Crippen LogP contribution in [0.15, 0.2) is 59.9 Å². The summed E-state index contributed by atoms with van der Waals surface area (Å²) in [6.07, 6.45) is 2.82. The quantitative estimate of drug-likeness (QED) is 0.864. The third-order valence-electron chi connectivity index (χ3n) is 5.36. The van der Waals surface area contributed by atoms with Crippen LogP contribution in [-0.2, 0) is 6.54 Å². The number of piperidine rings is 1. The highest BCUT2D eigenvalue weighted by Crippen LogP contribution is 2.35. The molecule has 5 heteroatoms. The normalized spacial score (nSPS) is 21.0. The van der Waals surface area contributed by atoms with Gasteiger partial charge in [-0.2, -0.15) is 0 Å². The lowest BCUT2D eigenvalue weighted by atomic mass is 9.83. The number of para-hydroxylation sites is 1. The van der Waals surface area contributed by atoms with Crippen LogP contribution in [0, 0.1) is 5.92 Å². The molecule has 26 heavy (non-hydrogen) atoms. The zero-order chi connectivity index (χ0) is 18.1. The second-order valence-electron chi connectivity index (χ2n) is 7.12. The molecular formula is C21H23N3O2. The van der Waals surface area contributed by atoms with Gasteiger partial charge in [-0.05, 0) is 30.5 Å². The number of carbonyl (C=O) groups is 1. The van der Waals surface area contributed by atoms with Gasteiger partial charge in [-0.3, -0.25) is 9.59 Å². The van der Waals surface area contributed by atoms with Crippen LogP contribution in [0.25, 0.3) is 0 Å². The van der Waals surface area contributed by atoms with E-state index in [0.717, 1.165) is 17.8 Å². The summed E-state index contributed by atoms with van der Waals surface area (Å²) in [5.41, 5.74) is 2.66. The minimum Gasteiger partial charge on any atom is -0.381 e. The SMILES string of the molecule is C=CCNc1ccccc1C(=O)N1C[C@@H]2C[C@H](C1)c1cccc(=O)n1C2. The molecular weight excluding hydrogens is 326 g/mol. The molecule has 4 rings (SSSR count). The lowest BCUT2D eigenvalue weighted by Gasteiger charge is -2.42. The Bertz CT molecular complexity index is 902. The van der Waals surface area contributed by atoms with Gasteiger partial charge in [0, 0.05) is 49.5 Å². The number of pyridine rings is 1. The van der Waals surface area contributed by atoms with Gasteiger partial charge in [0.25, 0.3) is 11.5 Å². The first-order valence-electron chi connectivity index (χ1n) is 9.10. The smallest absolute Gasteiger partial charge is 0.255 e. The lowest BCUT2D eigenvalue weighted by molar-refractivity contribution is 0.0595. The molecule has 2 aromatic rings. The van der Waals surface area contributed by atoms with Gasteiger partial charge in [0.05, 0.1) is 5.56 Å². The van der Waals surface area contributed by atoms with E-state index in [1.165, 1.54) is 0 Å². The van der Waals surface area contributed by atoms with E-state index in [-0.39, 0.29) is 17.4 Å². The molecule has 1 fully saturated rings. The van der Waals surface area contributed by atoms with Crippen LogP contribution in [0.2, 0.25) is 0 Å². The summed E-state index contributed by atoms with van der Waals surface area (Å²) in [5, 5.41) is 3.25. The van der Waals surface area contributed by atoms with Crippen molar-refractivity contribution < 1.29 is 4.79 Å². The van der Waals surface area contributed by atoms with Crippen molar-refractivity contribution in [2.24, 2.45) is 5.92 Å². The van der Waals surface area contributed by atoms with E-state index >= 15 is 0 Å². The summed E-state index contributed by atoms with van der Waals surface area (Å²) in [6.45, 7) is 6.40. The first-order chi connectivity index (χ1) is 12.7. The average molecular weight is 349 g/mol. The van der Waals surface area contributed by atoms with E-state index in [1.807, 2.05) is 45.9 Å². The van der Waals surface area contributed by atoms with Crippen LogP contribution >= 0.6 is 0 Å².